The summed E-state index contributed by atoms with van der Waals surface area (Å²) in [6.45, 7) is 6.20. The van der Waals surface area contributed by atoms with Crippen molar-refractivity contribution in [2.45, 2.75) is 13.5 Å². The zero-order valence-corrected chi connectivity index (χ0v) is 22.1. The van der Waals surface area contributed by atoms with E-state index >= 15 is 0 Å². The first-order valence-corrected chi connectivity index (χ1v) is 13.2. The minimum absolute atomic E-state index is 0.312. The summed E-state index contributed by atoms with van der Waals surface area (Å²) < 4.78 is 11.1. The number of nitrogens with zero attached hydrogens (tertiary/aromatic N) is 2. The average Bonchev–Trinajstić information content (AvgIpc) is 2.93. The van der Waals surface area contributed by atoms with Crippen molar-refractivity contribution in [3.05, 3.63) is 88.6 Å². The molecule has 2 N–H and O–H groups in total. The Kier molecular flexibility index (Phi) is 6.81. The van der Waals surface area contributed by atoms with Crippen LogP contribution in [0.2, 0.25) is 5.02 Å². The maximum Gasteiger partial charge on any atom is 0.255 e. The molecule has 2 amide bonds. The highest BCUT2D eigenvalue weighted by Gasteiger charge is 2.22. The number of amides is 2. The van der Waals surface area contributed by atoms with E-state index in [1.165, 1.54) is 0 Å². The third-order valence-corrected chi connectivity index (χ3v) is 7.14. The first kappa shape index (κ1) is 25.2. The number of fused-ring (bicyclic) bond motifs is 2. The molecule has 2 aliphatic heterocycles. The molecule has 0 atom stereocenters. The lowest BCUT2D eigenvalue weighted by molar-refractivity contribution is 0.101. The number of hydrogen-bond donors (Lipinski definition) is 2. The molecule has 3 aromatic carbocycles. The molecule has 0 bridgehead atoms. The minimum atomic E-state index is -0.323. The molecule has 39 heavy (non-hydrogen) atoms. The van der Waals surface area contributed by atoms with Gasteiger partial charge in [-0.25, -0.2) is 0 Å². The van der Waals surface area contributed by atoms with Crippen LogP contribution in [-0.4, -0.2) is 48.0 Å². The highest BCUT2D eigenvalue weighted by molar-refractivity contribution is 6.34. The molecule has 1 aromatic heterocycles. The Morgan fingerprint density at radius 2 is 1.64 bits per heavy atom. The van der Waals surface area contributed by atoms with E-state index in [9.17, 15) is 9.59 Å². The van der Waals surface area contributed by atoms with Crippen LogP contribution in [0.4, 0.5) is 11.4 Å². The third-order valence-electron chi connectivity index (χ3n) is 6.81. The molecule has 0 saturated carbocycles. The van der Waals surface area contributed by atoms with Crippen LogP contribution in [0.15, 0.2) is 66.7 Å². The quantitative estimate of drug-likeness (QED) is 0.329. The second-order valence-electron chi connectivity index (χ2n) is 9.97. The number of carbonyl (C=O) groups excluding carboxylic acids is 2. The molecule has 0 unspecified atom stereocenters. The van der Waals surface area contributed by atoms with Gasteiger partial charge < -0.3 is 20.1 Å². The number of ether oxygens (including phenoxy) is 2. The van der Waals surface area contributed by atoms with E-state index in [2.05, 4.69) is 22.5 Å². The van der Waals surface area contributed by atoms with Crippen LogP contribution in [0.25, 0.3) is 10.9 Å². The van der Waals surface area contributed by atoms with Crippen LogP contribution in [0, 0.1) is 5.92 Å². The van der Waals surface area contributed by atoms with Gasteiger partial charge in [-0.1, -0.05) is 24.6 Å². The van der Waals surface area contributed by atoms with Gasteiger partial charge >= 0.3 is 0 Å². The van der Waals surface area contributed by atoms with Crippen LogP contribution < -0.4 is 20.1 Å². The Balaban J connectivity index is 1.14. The summed E-state index contributed by atoms with van der Waals surface area (Å²) in [5.41, 5.74) is 3.65. The van der Waals surface area contributed by atoms with Gasteiger partial charge in [0.1, 0.15) is 13.2 Å². The van der Waals surface area contributed by atoms with Gasteiger partial charge in [0.25, 0.3) is 11.8 Å². The molecular weight excluding hydrogens is 516 g/mol. The van der Waals surface area contributed by atoms with Gasteiger partial charge in [0.2, 0.25) is 0 Å². The maximum atomic E-state index is 13.1. The van der Waals surface area contributed by atoms with Gasteiger partial charge in [0.05, 0.1) is 21.9 Å². The Bertz CT molecular complexity index is 1590. The van der Waals surface area contributed by atoms with Crippen molar-refractivity contribution in [1.29, 1.82) is 0 Å². The van der Waals surface area contributed by atoms with Crippen molar-refractivity contribution < 1.29 is 19.1 Å². The number of halogens is 1. The average molecular weight is 543 g/mol. The van der Waals surface area contributed by atoms with Crippen molar-refractivity contribution in [2.75, 3.05) is 36.9 Å². The molecule has 0 spiro atoms. The lowest BCUT2D eigenvalue weighted by atomic mass is 10.0. The zero-order valence-electron chi connectivity index (χ0n) is 21.4. The number of aromatic nitrogens is 1. The van der Waals surface area contributed by atoms with E-state index < -0.39 is 0 Å². The van der Waals surface area contributed by atoms with E-state index in [4.69, 9.17) is 26.1 Å². The molecule has 3 heterocycles. The molecule has 2 aliphatic rings. The fourth-order valence-corrected chi connectivity index (χ4v) is 5.03. The zero-order chi connectivity index (χ0) is 26.9. The van der Waals surface area contributed by atoms with Crippen LogP contribution >= 0.6 is 11.6 Å². The van der Waals surface area contributed by atoms with Crippen LogP contribution in [-0.2, 0) is 6.54 Å². The number of hydrogen-bond acceptors (Lipinski definition) is 6. The molecule has 6 rings (SSSR count). The summed E-state index contributed by atoms with van der Waals surface area (Å²) in [5, 5.41) is 6.94. The smallest absolute Gasteiger partial charge is 0.255 e. The monoisotopic (exact) mass is 542 g/mol. The van der Waals surface area contributed by atoms with Crippen molar-refractivity contribution in [2.24, 2.45) is 5.92 Å². The van der Waals surface area contributed by atoms with Gasteiger partial charge in [-0.15, -0.1) is 0 Å². The summed E-state index contributed by atoms with van der Waals surface area (Å²) in [6.07, 6.45) is 0. The number of likely N-dealkylation sites (tertiary alicyclic amines) is 1. The maximum absolute atomic E-state index is 13.1. The first-order valence-electron chi connectivity index (χ1n) is 12.9. The normalized spacial score (nSPS) is 15.0. The van der Waals surface area contributed by atoms with Gasteiger partial charge in [0.15, 0.2) is 11.5 Å². The number of benzene rings is 3. The predicted octanol–water partition coefficient (Wildman–Crippen LogP) is 5.62. The molecule has 4 aromatic rings. The number of nitrogens with one attached hydrogen (secondary N) is 2. The second-order valence-corrected chi connectivity index (χ2v) is 10.4. The van der Waals surface area contributed by atoms with Gasteiger partial charge in [-0.05, 0) is 66.6 Å². The Morgan fingerprint density at radius 3 is 2.46 bits per heavy atom. The molecule has 8 nitrogen and oxygen atoms in total. The van der Waals surface area contributed by atoms with Crippen molar-refractivity contribution in [3.8, 4) is 11.5 Å². The standard InChI is InChI=1S/C30H27ClN4O4/c1-18-15-35(16-18)17-23-5-2-19-12-20(3-8-25(19)32-23)30(37)34-26-14-22(6-7-24(26)31)33-29(36)21-4-9-27-28(13-21)39-11-10-38-27/h2-9,12-14,18H,10-11,15-17H2,1H3,(H,33,36)(H,34,37). The van der Waals surface area contributed by atoms with Crippen molar-refractivity contribution in [3.63, 3.8) is 0 Å². The van der Waals surface area contributed by atoms with E-state index in [1.807, 2.05) is 24.3 Å². The van der Waals surface area contributed by atoms with Crippen LogP contribution in [0.5, 0.6) is 11.5 Å². The third kappa shape index (κ3) is 5.53. The molecule has 1 fully saturated rings. The Labute approximate surface area is 230 Å². The van der Waals surface area contributed by atoms with E-state index in [0.717, 1.165) is 42.1 Å². The van der Waals surface area contributed by atoms with E-state index in [1.54, 1.807) is 42.5 Å². The first-order chi connectivity index (χ1) is 18.9. The topological polar surface area (TPSA) is 92.8 Å². The molecule has 0 aliphatic carbocycles. The summed E-state index contributed by atoms with van der Waals surface area (Å²) in [6, 6.07) is 19.4. The van der Waals surface area contributed by atoms with Crippen molar-refractivity contribution >= 4 is 45.7 Å². The van der Waals surface area contributed by atoms with Gasteiger partial charge in [-0.2, -0.15) is 0 Å². The highest BCUT2D eigenvalue weighted by Crippen LogP contribution is 2.32. The number of carbonyl (C=O) groups is 2. The minimum Gasteiger partial charge on any atom is -0.486 e. The predicted molar refractivity (Wildman–Crippen MR) is 151 cm³/mol. The fourth-order valence-electron chi connectivity index (χ4n) is 4.86. The SMILES string of the molecule is CC1CN(Cc2ccc3cc(C(=O)Nc4cc(NC(=O)c5ccc6c(c5)OCCO6)ccc4Cl)ccc3n2)C1. The molecule has 9 heteroatoms. The lowest BCUT2D eigenvalue weighted by Gasteiger charge is -2.36. The Hall–Kier alpha value is -4.14. The van der Waals surface area contributed by atoms with Crippen LogP contribution in [0.3, 0.4) is 0 Å². The van der Waals surface area contributed by atoms with Gasteiger partial charge in [0, 0.05) is 41.8 Å². The molecule has 198 valence electrons. The summed E-state index contributed by atoms with van der Waals surface area (Å²) in [4.78, 5) is 33.1. The highest BCUT2D eigenvalue weighted by atomic mass is 35.5. The van der Waals surface area contributed by atoms with E-state index in [0.29, 0.717) is 52.2 Å². The second kappa shape index (κ2) is 10.6. The molecular formula is C30H27ClN4O4. The van der Waals surface area contributed by atoms with Gasteiger partial charge in [-0.3, -0.25) is 19.5 Å². The molecule has 0 radical (unpaired) electrons. The van der Waals surface area contributed by atoms with Crippen molar-refractivity contribution in [1.82, 2.24) is 9.88 Å². The molecule has 1 saturated heterocycles. The summed E-state index contributed by atoms with van der Waals surface area (Å²) >= 11 is 6.37. The largest absolute Gasteiger partial charge is 0.486 e. The Morgan fingerprint density at radius 1 is 0.897 bits per heavy atom. The summed E-state index contributed by atoms with van der Waals surface area (Å²) in [5.74, 6) is 1.26. The number of anilines is 2. The number of rotatable bonds is 6. The summed E-state index contributed by atoms with van der Waals surface area (Å²) in [7, 11) is 0. The lowest BCUT2D eigenvalue weighted by Crippen LogP contribution is -2.44. The van der Waals surface area contributed by atoms with E-state index in [-0.39, 0.29) is 11.8 Å². The number of pyridine rings is 1. The fraction of sp³-hybridized carbons (Fsp3) is 0.233. The van der Waals surface area contributed by atoms with Crippen LogP contribution in [0.1, 0.15) is 33.3 Å².